The SMILES string of the molecule is CCN(Cc1ccco1)Cc1ccc(C=O)o1. The number of nitrogens with zero attached hydrogens (tertiary/aromatic N) is 1. The Balaban J connectivity index is 1.97. The van der Waals surface area contributed by atoms with Gasteiger partial charge in [0.25, 0.3) is 0 Å². The Hall–Kier alpha value is -1.81. The number of aldehydes is 1. The van der Waals surface area contributed by atoms with Crippen LogP contribution in [0.3, 0.4) is 0 Å². The zero-order valence-electron chi connectivity index (χ0n) is 9.76. The Kier molecular flexibility index (Phi) is 3.77. The van der Waals surface area contributed by atoms with Gasteiger partial charge in [-0.15, -0.1) is 0 Å². The van der Waals surface area contributed by atoms with Crippen LogP contribution in [0.2, 0.25) is 0 Å². The summed E-state index contributed by atoms with van der Waals surface area (Å²) in [5.74, 6) is 2.09. The highest BCUT2D eigenvalue weighted by atomic mass is 16.3. The molecule has 0 atom stereocenters. The molecule has 0 fully saturated rings. The van der Waals surface area contributed by atoms with E-state index in [-0.39, 0.29) is 0 Å². The van der Waals surface area contributed by atoms with Crippen molar-refractivity contribution in [2.45, 2.75) is 20.0 Å². The van der Waals surface area contributed by atoms with Crippen LogP contribution in [-0.4, -0.2) is 17.7 Å². The summed E-state index contributed by atoms with van der Waals surface area (Å²) in [7, 11) is 0. The van der Waals surface area contributed by atoms with E-state index in [1.807, 2.05) is 18.2 Å². The summed E-state index contributed by atoms with van der Waals surface area (Å²) in [6, 6.07) is 7.33. The van der Waals surface area contributed by atoms with Crippen LogP contribution in [0, 0.1) is 0 Å². The van der Waals surface area contributed by atoms with Crippen molar-refractivity contribution in [1.82, 2.24) is 4.90 Å². The molecule has 0 aromatic carbocycles. The zero-order valence-corrected chi connectivity index (χ0v) is 9.76. The summed E-state index contributed by atoms with van der Waals surface area (Å²) >= 11 is 0. The predicted octanol–water partition coefficient (Wildman–Crippen LogP) is 2.71. The van der Waals surface area contributed by atoms with E-state index in [0.717, 1.165) is 24.6 Å². The van der Waals surface area contributed by atoms with Gasteiger partial charge in [0.1, 0.15) is 11.5 Å². The van der Waals surface area contributed by atoms with E-state index in [1.165, 1.54) is 0 Å². The Morgan fingerprint density at radius 3 is 2.65 bits per heavy atom. The normalized spacial score (nSPS) is 10.9. The van der Waals surface area contributed by atoms with E-state index in [0.29, 0.717) is 18.6 Å². The lowest BCUT2D eigenvalue weighted by Crippen LogP contribution is -2.21. The van der Waals surface area contributed by atoms with E-state index in [1.54, 1.807) is 12.3 Å². The van der Waals surface area contributed by atoms with Gasteiger partial charge in [0.05, 0.1) is 19.4 Å². The van der Waals surface area contributed by atoms with Gasteiger partial charge in [-0.3, -0.25) is 9.69 Å². The lowest BCUT2D eigenvalue weighted by Gasteiger charge is -2.17. The minimum atomic E-state index is 0.369. The van der Waals surface area contributed by atoms with Crippen LogP contribution >= 0.6 is 0 Å². The number of rotatable bonds is 6. The lowest BCUT2D eigenvalue weighted by molar-refractivity contribution is 0.109. The molecule has 0 bridgehead atoms. The molecule has 4 nitrogen and oxygen atoms in total. The van der Waals surface area contributed by atoms with Crippen molar-refractivity contribution in [3.05, 3.63) is 47.8 Å². The molecule has 2 aromatic heterocycles. The highest BCUT2D eigenvalue weighted by Gasteiger charge is 2.09. The van der Waals surface area contributed by atoms with E-state index in [4.69, 9.17) is 8.83 Å². The fourth-order valence-corrected chi connectivity index (χ4v) is 1.67. The van der Waals surface area contributed by atoms with Crippen molar-refractivity contribution in [1.29, 1.82) is 0 Å². The molecule has 0 saturated carbocycles. The van der Waals surface area contributed by atoms with Crippen LogP contribution < -0.4 is 0 Å². The molecule has 90 valence electrons. The molecule has 0 N–H and O–H groups in total. The third-order valence-corrected chi connectivity index (χ3v) is 2.58. The molecule has 0 radical (unpaired) electrons. The number of furan rings is 2. The maximum atomic E-state index is 10.5. The Morgan fingerprint density at radius 2 is 2.06 bits per heavy atom. The average Bonchev–Trinajstić information content (AvgIpc) is 2.99. The standard InChI is InChI=1S/C13H15NO3/c1-2-14(8-11-4-3-7-16-11)9-12-5-6-13(10-15)17-12/h3-7,10H,2,8-9H2,1H3. The molecule has 0 spiro atoms. The molecule has 2 aromatic rings. The molecule has 0 amide bonds. The molecule has 17 heavy (non-hydrogen) atoms. The minimum Gasteiger partial charge on any atom is -0.468 e. The summed E-state index contributed by atoms with van der Waals surface area (Å²) < 4.78 is 10.6. The van der Waals surface area contributed by atoms with Gasteiger partial charge in [0.2, 0.25) is 0 Å². The molecule has 0 aliphatic carbocycles. The Labute approximate surface area is 99.8 Å². The van der Waals surface area contributed by atoms with E-state index in [9.17, 15) is 4.79 Å². The molecule has 2 rings (SSSR count). The summed E-state index contributed by atoms with van der Waals surface area (Å²) in [4.78, 5) is 12.7. The van der Waals surface area contributed by atoms with Crippen molar-refractivity contribution in [2.75, 3.05) is 6.54 Å². The number of carbonyl (C=O) groups excluding carboxylic acids is 1. The first-order valence-corrected chi connectivity index (χ1v) is 5.60. The maximum absolute atomic E-state index is 10.5. The van der Waals surface area contributed by atoms with Crippen LogP contribution in [0.15, 0.2) is 39.4 Å². The second kappa shape index (κ2) is 5.50. The summed E-state index contributed by atoms with van der Waals surface area (Å²) in [5, 5.41) is 0. The quantitative estimate of drug-likeness (QED) is 0.720. The topological polar surface area (TPSA) is 46.6 Å². The molecule has 0 saturated heterocycles. The van der Waals surface area contributed by atoms with E-state index in [2.05, 4.69) is 11.8 Å². The molecule has 0 aliphatic rings. The first-order chi connectivity index (χ1) is 8.31. The van der Waals surface area contributed by atoms with Gasteiger partial charge < -0.3 is 8.83 Å². The van der Waals surface area contributed by atoms with E-state index >= 15 is 0 Å². The Morgan fingerprint density at radius 1 is 1.24 bits per heavy atom. The number of hydrogen-bond donors (Lipinski definition) is 0. The molecular weight excluding hydrogens is 218 g/mol. The van der Waals surface area contributed by atoms with Gasteiger partial charge in [-0.05, 0) is 30.8 Å². The van der Waals surface area contributed by atoms with Gasteiger partial charge in [-0.1, -0.05) is 6.92 Å². The second-order valence-corrected chi connectivity index (χ2v) is 3.80. The lowest BCUT2D eigenvalue weighted by atomic mass is 10.3. The van der Waals surface area contributed by atoms with Gasteiger partial charge >= 0.3 is 0 Å². The largest absolute Gasteiger partial charge is 0.468 e. The average molecular weight is 233 g/mol. The predicted molar refractivity (Wildman–Crippen MR) is 62.6 cm³/mol. The first-order valence-electron chi connectivity index (χ1n) is 5.60. The number of carbonyl (C=O) groups is 1. The highest BCUT2D eigenvalue weighted by Crippen LogP contribution is 2.12. The van der Waals surface area contributed by atoms with Gasteiger partial charge in [-0.2, -0.15) is 0 Å². The van der Waals surface area contributed by atoms with Crippen molar-refractivity contribution in [3.63, 3.8) is 0 Å². The number of hydrogen-bond acceptors (Lipinski definition) is 4. The van der Waals surface area contributed by atoms with Crippen molar-refractivity contribution in [3.8, 4) is 0 Å². The smallest absolute Gasteiger partial charge is 0.185 e. The first kappa shape index (κ1) is 11.7. The van der Waals surface area contributed by atoms with E-state index < -0.39 is 0 Å². The minimum absolute atomic E-state index is 0.369. The van der Waals surface area contributed by atoms with Crippen LogP contribution in [0.1, 0.15) is 29.0 Å². The van der Waals surface area contributed by atoms with Crippen LogP contribution in [0.25, 0.3) is 0 Å². The van der Waals surface area contributed by atoms with Gasteiger partial charge in [0, 0.05) is 0 Å². The van der Waals surface area contributed by atoms with Crippen LogP contribution in [0.5, 0.6) is 0 Å². The molecule has 2 heterocycles. The fourth-order valence-electron chi connectivity index (χ4n) is 1.67. The monoisotopic (exact) mass is 233 g/mol. The molecule has 0 aliphatic heterocycles. The highest BCUT2D eigenvalue weighted by molar-refractivity contribution is 5.70. The second-order valence-electron chi connectivity index (χ2n) is 3.80. The van der Waals surface area contributed by atoms with Crippen LogP contribution in [0.4, 0.5) is 0 Å². The third kappa shape index (κ3) is 3.07. The summed E-state index contributed by atoms with van der Waals surface area (Å²) in [5.41, 5.74) is 0. The summed E-state index contributed by atoms with van der Waals surface area (Å²) in [6.07, 6.45) is 2.38. The fraction of sp³-hybridized carbons (Fsp3) is 0.308. The molecule has 4 heteroatoms. The zero-order chi connectivity index (χ0) is 12.1. The Bertz CT molecular complexity index is 459. The molecule has 0 unspecified atom stereocenters. The summed E-state index contributed by atoms with van der Waals surface area (Å²) in [6.45, 7) is 4.37. The van der Waals surface area contributed by atoms with Crippen LogP contribution in [-0.2, 0) is 13.1 Å². The van der Waals surface area contributed by atoms with Gasteiger partial charge in [0.15, 0.2) is 12.0 Å². The van der Waals surface area contributed by atoms with Gasteiger partial charge in [-0.25, -0.2) is 0 Å². The van der Waals surface area contributed by atoms with Crippen molar-refractivity contribution in [2.24, 2.45) is 0 Å². The maximum Gasteiger partial charge on any atom is 0.185 e. The van der Waals surface area contributed by atoms with Crippen molar-refractivity contribution < 1.29 is 13.6 Å². The third-order valence-electron chi connectivity index (χ3n) is 2.58. The van der Waals surface area contributed by atoms with Crippen molar-refractivity contribution >= 4 is 6.29 Å². The molecular formula is C13H15NO3.